The van der Waals surface area contributed by atoms with Gasteiger partial charge in [-0.15, -0.1) is 11.3 Å². The van der Waals surface area contributed by atoms with Crippen LogP contribution in [0.5, 0.6) is 0 Å². The van der Waals surface area contributed by atoms with Gasteiger partial charge < -0.3 is 0 Å². The quantitative estimate of drug-likeness (QED) is 0.689. The second-order valence-corrected chi connectivity index (χ2v) is 4.36. The van der Waals surface area contributed by atoms with E-state index < -0.39 is 4.83 Å². The van der Waals surface area contributed by atoms with Crippen molar-refractivity contribution < 1.29 is 8.78 Å². The van der Waals surface area contributed by atoms with Gasteiger partial charge in [0.15, 0.2) is 5.01 Å². The molecule has 0 saturated carbocycles. The molecular weight excluding hydrogens is 236 g/mol. The van der Waals surface area contributed by atoms with Gasteiger partial charge in [-0.1, -0.05) is 0 Å². The number of nitrogens with zero attached hydrogens (tertiary/aromatic N) is 1. The third-order valence-corrected chi connectivity index (χ3v) is 3.05. The minimum Gasteiger partial charge on any atom is -0.239 e. The van der Waals surface area contributed by atoms with Gasteiger partial charge in [0.1, 0.15) is 0 Å². The summed E-state index contributed by atoms with van der Waals surface area (Å²) < 4.78 is 25.0. The molecule has 1 aromatic heterocycles. The van der Waals surface area contributed by atoms with Crippen LogP contribution in [0.2, 0.25) is 0 Å². The molecule has 1 heterocycles. The zero-order valence-electron chi connectivity index (χ0n) is 5.99. The summed E-state index contributed by atoms with van der Waals surface area (Å²) in [5.74, 6) is 0. The molecule has 1 aromatic rings. The third kappa shape index (κ3) is 1.96. The lowest BCUT2D eigenvalue weighted by Crippen LogP contribution is -2.00. The van der Waals surface area contributed by atoms with Crippen molar-refractivity contribution in [3.05, 3.63) is 15.6 Å². The van der Waals surface area contributed by atoms with E-state index in [1.54, 1.807) is 13.8 Å². The summed E-state index contributed by atoms with van der Waals surface area (Å²) in [5, 5.41) is -0.174. The Morgan fingerprint density at radius 1 is 1.45 bits per heavy atom. The highest BCUT2D eigenvalue weighted by Gasteiger charge is 2.31. The summed E-state index contributed by atoms with van der Waals surface area (Å²) in [6.45, 7) is 3.49. The van der Waals surface area contributed by atoms with Crippen LogP contribution in [-0.4, -0.2) is 4.98 Å². The number of halogens is 3. The standard InChI is InChI=1S/C6H6BrF2NS/c1-3-4(2)11-5(10-3)6(7,8)9/h1-2H3. The number of hydrogen-bond acceptors (Lipinski definition) is 2. The number of alkyl halides is 3. The molecule has 5 heteroatoms. The Kier molecular flexibility index (Phi) is 2.29. The lowest BCUT2D eigenvalue weighted by Gasteiger charge is -2.00. The first-order valence-electron chi connectivity index (χ1n) is 2.92. The number of hydrogen-bond donors (Lipinski definition) is 0. The van der Waals surface area contributed by atoms with Crippen molar-refractivity contribution in [3.63, 3.8) is 0 Å². The Hall–Kier alpha value is -0.0300. The van der Waals surface area contributed by atoms with Gasteiger partial charge in [0.05, 0.1) is 5.69 Å². The minimum atomic E-state index is -2.98. The molecule has 0 radical (unpaired) electrons. The molecule has 0 amide bonds. The van der Waals surface area contributed by atoms with Crippen LogP contribution in [0.1, 0.15) is 15.6 Å². The molecule has 0 aliphatic carbocycles. The maximum Gasteiger partial charge on any atom is 0.352 e. The summed E-state index contributed by atoms with van der Waals surface area (Å²) >= 11 is 3.26. The minimum absolute atomic E-state index is 0.174. The van der Waals surface area contributed by atoms with Crippen LogP contribution in [0.25, 0.3) is 0 Å². The average Bonchev–Trinajstić information content (AvgIpc) is 2.11. The molecule has 0 aliphatic heterocycles. The van der Waals surface area contributed by atoms with Crippen LogP contribution in [0.3, 0.4) is 0 Å². The van der Waals surface area contributed by atoms with Crippen LogP contribution in [0.4, 0.5) is 8.78 Å². The fraction of sp³-hybridized carbons (Fsp3) is 0.500. The van der Waals surface area contributed by atoms with Crippen molar-refractivity contribution in [2.24, 2.45) is 0 Å². The number of rotatable bonds is 1. The van der Waals surface area contributed by atoms with Crippen molar-refractivity contribution >= 4 is 27.3 Å². The highest BCUT2D eigenvalue weighted by molar-refractivity contribution is 9.09. The summed E-state index contributed by atoms with van der Waals surface area (Å²) in [6, 6.07) is 0. The highest BCUT2D eigenvalue weighted by atomic mass is 79.9. The molecule has 0 fully saturated rings. The summed E-state index contributed by atoms with van der Waals surface area (Å²) in [7, 11) is 0. The number of thiazole rings is 1. The molecule has 0 saturated heterocycles. The van der Waals surface area contributed by atoms with Crippen molar-refractivity contribution in [1.82, 2.24) is 4.98 Å². The van der Waals surface area contributed by atoms with Crippen molar-refractivity contribution in [2.75, 3.05) is 0 Å². The van der Waals surface area contributed by atoms with E-state index in [0.717, 1.165) is 16.2 Å². The maximum absolute atomic E-state index is 12.5. The SMILES string of the molecule is Cc1nc(C(F)(F)Br)sc1C. The molecule has 0 aliphatic rings. The van der Waals surface area contributed by atoms with Crippen molar-refractivity contribution in [2.45, 2.75) is 18.7 Å². The topological polar surface area (TPSA) is 12.9 Å². The number of aromatic nitrogens is 1. The second-order valence-electron chi connectivity index (χ2n) is 2.16. The van der Waals surface area contributed by atoms with E-state index in [4.69, 9.17) is 0 Å². The first-order chi connectivity index (χ1) is 4.91. The van der Waals surface area contributed by atoms with E-state index in [-0.39, 0.29) is 5.01 Å². The first-order valence-corrected chi connectivity index (χ1v) is 4.53. The second kappa shape index (κ2) is 2.79. The van der Waals surface area contributed by atoms with Crippen LogP contribution in [-0.2, 0) is 4.83 Å². The molecule has 1 nitrogen and oxygen atoms in total. The van der Waals surface area contributed by atoms with E-state index >= 15 is 0 Å². The molecule has 0 spiro atoms. The van der Waals surface area contributed by atoms with Gasteiger partial charge >= 0.3 is 4.83 Å². The van der Waals surface area contributed by atoms with Crippen LogP contribution in [0.15, 0.2) is 0 Å². The predicted octanol–water partition coefficient (Wildman–Crippen LogP) is 3.20. The normalized spacial score (nSPS) is 12.1. The predicted molar refractivity (Wildman–Crippen MR) is 44.4 cm³/mol. The van der Waals surface area contributed by atoms with Gasteiger partial charge in [-0.2, -0.15) is 8.78 Å². The van der Waals surface area contributed by atoms with E-state index in [2.05, 4.69) is 20.9 Å². The Bertz CT molecular complexity index is 247. The summed E-state index contributed by atoms with van der Waals surface area (Å²) in [4.78, 5) is 1.56. The van der Waals surface area contributed by atoms with Gasteiger partial charge in [0, 0.05) is 4.88 Å². The third-order valence-electron chi connectivity index (χ3n) is 1.27. The van der Waals surface area contributed by atoms with Gasteiger partial charge in [0.2, 0.25) is 0 Å². The van der Waals surface area contributed by atoms with Crippen molar-refractivity contribution in [1.29, 1.82) is 0 Å². The Labute approximate surface area is 75.6 Å². The fourth-order valence-corrected chi connectivity index (χ4v) is 1.71. The molecule has 62 valence electrons. The Balaban J connectivity index is 3.08. The van der Waals surface area contributed by atoms with Gasteiger partial charge in [0.25, 0.3) is 0 Å². The molecule has 0 aromatic carbocycles. The molecule has 1 rings (SSSR count). The maximum atomic E-state index is 12.5. The molecule has 0 unspecified atom stereocenters. The van der Waals surface area contributed by atoms with Crippen molar-refractivity contribution in [3.8, 4) is 0 Å². The van der Waals surface area contributed by atoms with E-state index in [1.807, 2.05) is 0 Å². The van der Waals surface area contributed by atoms with Gasteiger partial charge in [-0.05, 0) is 29.8 Å². The lowest BCUT2D eigenvalue weighted by atomic mass is 10.4. The van der Waals surface area contributed by atoms with Crippen LogP contribution in [0, 0.1) is 13.8 Å². The van der Waals surface area contributed by atoms with Gasteiger partial charge in [-0.25, -0.2) is 4.98 Å². The molecule has 11 heavy (non-hydrogen) atoms. The van der Waals surface area contributed by atoms with Crippen LogP contribution < -0.4 is 0 Å². The molecule has 0 atom stereocenters. The molecule has 0 N–H and O–H groups in total. The van der Waals surface area contributed by atoms with E-state index in [9.17, 15) is 8.78 Å². The van der Waals surface area contributed by atoms with E-state index in [0.29, 0.717) is 5.69 Å². The average molecular weight is 242 g/mol. The summed E-state index contributed by atoms with van der Waals surface area (Å²) in [5.41, 5.74) is 0.670. The largest absolute Gasteiger partial charge is 0.352 e. The van der Waals surface area contributed by atoms with Gasteiger partial charge in [-0.3, -0.25) is 0 Å². The van der Waals surface area contributed by atoms with Crippen LogP contribution >= 0.6 is 27.3 Å². The monoisotopic (exact) mass is 241 g/mol. The Morgan fingerprint density at radius 2 is 2.00 bits per heavy atom. The summed E-state index contributed by atoms with van der Waals surface area (Å²) in [6.07, 6.45) is 0. The lowest BCUT2D eigenvalue weighted by molar-refractivity contribution is 0.114. The smallest absolute Gasteiger partial charge is 0.239 e. The molecular formula is C6H6BrF2NS. The first kappa shape index (κ1) is 9.06. The highest BCUT2D eigenvalue weighted by Crippen LogP contribution is 2.37. The Morgan fingerprint density at radius 3 is 2.18 bits per heavy atom. The van der Waals surface area contributed by atoms with E-state index in [1.165, 1.54) is 0 Å². The molecule has 0 bridgehead atoms. The zero-order chi connectivity index (χ0) is 8.65. The fourth-order valence-electron chi connectivity index (χ4n) is 0.594. The number of aryl methyl sites for hydroxylation is 2. The zero-order valence-corrected chi connectivity index (χ0v) is 8.39.